The van der Waals surface area contributed by atoms with E-state index in [1.807, 2.05) is 24.3 Å². The Kier molecular flexibility index (Phi) is 6.94. The minimum Gasteiger partial charge on any atom is -0.493 e. The Hall–Kier alpha value is -3.05. The predicted molar refractivity (Wildman–Crippen MR) is 143 cm³/mol. The number of fused-ring (bicyclic) bond motifs is 2. The van der Waals surface area contributed by atoms with Crippen LogP contribution < -0.4 is 10.1 Å². The Morgan fingerprint density at radius 2 is 1.86 bits per heavy atom. The highest BCUT2D eigenvalue weighted by Gasteiger charge is 2.53. The number of hydrogen-bond acceptors (Lipinski definition) is 4. The van der Waals surface area contributed by atoms with Crippen molar-refractivity contribution >= 4 is 23.3 Å². The highest BCUT2D eigenvalue weighted by atomic mass is 35.5. The fourth-order valence-electron chi connectivity index (χ4n) is 6.44. The number of carboxylic acid groups (broad SMARTS) is 1. The van der Waals surface area contributed by atoms with Crippen LogP contribution in [0, 0.1) is 11.8 Å². The molecule has 2 aliphatic carbocycles. The van der Waals surface area contributed by atoms with Crippen molar-refractivity contribution in [2.24, 2.45) is 11.8 Å². The summed E-state index contributed by atoms with van der Waals surface area (Å²) in [4.78, 5) is 16.6. The van der Waals surface area contributed by atoms with E-state index in [1.165, 1.54) is 11.1 Å². The van der Waals surface area contributed by atoms with Crippen LogP contribution in [0.1, 0.15) is 50.2 Å². The first-order valence-corrected chi connectivity index (χ1v) is 13.2. The van der Waals surface area contributed by atoms with E-state index in [0.29, 0.717) is 36.3 Å². The van der Waals surface area contributed by atoms with E-state index < -0.39 is 11.5 Å². The Bertz CT molecular complexity index is 1210. The molecule has 5 nitrogen and oxygen atoms in total. The fraction of sp³-hybridized carbons (Fsp3) is 0.400. The van der Waals surface area contributed by atoms with Crippen LogP contribution in [-0.2, 0) is 16.6 Å². The van der Waals surface area contributed by atoms with Crippen molar-refractivity contribution in [1.29, 1.82) is 0 Å². The molecule has 188 valence electrons. The van der Waals surface area contributed by atoms with Gasteiger partial charge in [-0.15, -0.1) is 0 Å². The summed E-state index contributed by atoms with van der Waals surface area (Å²) in [5.74, 6) is 0.894. The first-order valence-electron chi connectivity index (χ1n) is 12.8. The van der Waals surface area contributed by atoms with Gasteiger partial charge in [-0.25, -0.2) is 4.79 Å². The minimum absolute atomic E-state index is 0.00349. The molecule has 1 saturated carbocycles. The summed E-state index contributed by atoms with van der Waals surface area (Å²) in [7, 11) is 0. The molecule has 2 atom stereocenters. The Balaban J connectivity index is 1.35. The third kappa shape index (κ3) is 4.81. The predicted octanol–water partition coefficient (Wildman–Crippen LogP) is 6.76. The van der Waals surface area contributed by atoms with Gasteiger partial charge in [-0.2, -0.15) is 0 Å². The van der Waals surface area contributed by atoms with Crippen LogP contribution in [0.5, 0.6) is 5.75 Å². The number of nitrogens with zero attached hydrogens (tertiary/aromatic N) is 1. The Labute approximate surface area is 217 Å². The summed E-state index contributed by atoms with van der Waals surface area (Å²) in [6, 6.07) is 19.9. The molecule has 0 amide bonds. The number of nitrogens with one attached hydrogen (secondary N) is 1. The van der Waals surface area contributed by atoms with E-state index in [2.05, 4.69) is 41.5 Å². The van der Waals surface area contributed by atoms with Crippen LogP contribution in [0.4, 0.5) is 5.69 Å². The van der Waals surface area contributed by atoms with Gasteiger partial charge in [-0.1, -0.05) is 48.9 Å². The van der Waals surface area contributed by atoms with Crippen molar-refractivity contribution < 1.29 is 14.6 Å². The van der Waals surface area contributed by atoms with Crippen LogP contribution in [0.3, 0.4) is 0 Å². The summed E-state index contributed by atoms with van der Waals surface area (Å²) in [6.07, 6.45) is 8.40. The van der Waals surface area contributed by atoms with Crippen LogP contribution in [0.15, 0.2) is 73.1 Å². The van der Waals surface area contributed by atoms with Gasteiger partial charge in [-0.05, 0) is 97.2 Å². The van der Waals surface area contributed by atoms with E-state index in [4.69, 9.17) is 16.3 Å². The minimum atomic E-state index is -0.992. The highest BCUT2D eigenvalue weighted by molar-refractivity contribution is 6.30. The zero-order chi connectivity index (χ0) is 25.2. The summed E-state index contributed by atoms with van der Waals surface area (Å²) in [6.45, 7) is 2.91. The fourth-order valence-corrected chi connectivity index (χ4v) is 6.63. The molecule has 1 spiro atoms. The lowest BCUT2D eigenvalue weighted by atomic mass is 9.59. The molecular weight excluding hydrogens is 472 g/mol. The van der Waals surface area contributed by atoms with E-state index in [-0.39, 0.29) is 5.41 Å². The first kappa shape index (κ1) is 24.6. The molecule has 2 N–H and O–H groups in total. The number of carboxylic acids is 1. The molecule has 0 aliphatic heterocycles. The lowest BCUT2D eigenvalue weighted by molar-refractivity contribution is -0.144. The van der Waals surface area contributed by atoms with Crippen molar-refractivity contribution in [3.8, 4) is 5.75 Å². The number of aliphatic carboxylic acids is 1. The Morgan fingerprint density at radius 3 is 2.58 bits per heavy atom. The number of ether oxygens (including phenoxy) is 1. The van der Waals surface area contributed by atoms with E-state index >= 15 is 0 Å². The van der Waals surface area contributed by atoms with E-state index in [0.717, 1.165) is 37.1 Å². The third-order valence-corrected chi connectivity index (χ3v) is 8.52. The highest BCUT2D eigenvalue weighted by Crippen LogP contribution is 2.56. The number of rotatable bonds is 8. The molecule has 5 rings (SSSR count). The summed E-state index contributed by atoms with van der Waals surface area (Å²) >= 11 is 6.17. The van der Waals surface area contributed by atoms with Crippen molar-refractivity contribution in [2.75, 3.05) is 11.9 Å². The molecule has 1 unspecified atom stereocenters. The van der Waals surface area contributed by atoms with Gasteiger partial charge < -0.3 is 15.2 Å². The number of hydrogen-bond donors (Lipinski definition) is 2. The molecule has 1 fully saturated rings. The van der Waals surface area contributed by atoms with Gasteiger partial charge >= 0.3 is 5.97 Å². The topological polar surface area (TPSA) is 71.5 Å². The van der Waals surface area contributed by atoms with Crippen molar-refractivity contribution in [2.45, 2.75) is 56.4 Å². The summed E-state index contributed by atoms with van der Waals surface area (Å²) in [5.41, 5.74) is 2.59. The Morgan fingerprint density at radius 1 is 1.11 bits per heavy atom. The van der Waals surface area contributed by atoms with Gasteiger partial charge in [0.2, 0.25) is 0 Å². The third-order valence-electron chi connectivity index (χ3n) is 8.29. The van der Waals surface area contributed by atoms with Gasteiger partial charge in [-0.3, -0.25) is 4.98 Å². The second kappa shape index (κ2) is 10.1. The van der Waals surface area contributed by atoms with Crippen molar-refractivity contribution in [3.63, 3.8) is 0 Å². The quantitative estimate of drug-likeness (QED) is 0.354. The maximum absolute atomic E-state index is 12.6. The molecule has 1 heterocycles. The molecular formula is C30H33ClN2O3. The van der Waals surface area contributed by atoms with Crippen LogP contribution in [0.2, 0.25) is 5.02 Å². The zero-order valence-electron chi connectivity index (χ0n) is 20.6. The van der Waals surface area contributed by atoms with Gasteiger partial charge in [0, 0.05) is 23.1 Å². The van der Waals surface area contributed by atoms with Gasteiger partial charge in [0.1, 0.15) is 11.3 Å². The second-order valence-corrected chi connectivity index (χ2v) is 11.0. The average molecular weight is 505 g/mol. The monoisotopic (exact) mass is 504 g/mol. The standard InChI is InChI=1S/C30H33ClN2O3/c1-21(20-36-26-9-15-32-16-10-26)17-23-18-22-5-2-3-8-27(22)29(23)11-13-30(14-12-29,28(34)35)33-25-7-4-6-24(31)19-25/h2-10,15-16,19,21,23,33H,11-14,17-18,20H2,1H3,(H,34,35)/t21-,23?,29?,30?/m1/s1. The number of benzene rings is 2. The molecule has 0 radical (unpaired) electrons. The lowest BCUT2D eigenvalue weighted by Crippen LogP contribution is -2.53. The van der Waals surface area contributed by atoms with Crippen LogP contribution in [-0.4, -0.2) is 28.2 Å². The summed E-state index contributed by atoms with van der Waals surface area (Å²) in [5, 5.41) is 14.3. The normalized spacial score (nSPS) is 25.8. The number of pyridine rings is 1. The average Bonchev–Trinajstić information content (AvgIpc) is 3.17. The number of carbonyl (C=O) groups is 1. The van der Waals surface area contributed by atoms with Crippen molar-refractivity contribution in [3.05, 3.63) is 89.2 Å². The maximum Gasteiger partial charge on any atom is 0.329 e. The number of halogens is 1. The zero-order valence-corrected chi connectivity index (χ0v) is 21.4. The molecule has 3 aromatic rings. The van der Waals surface area contributed by atoms with E-state index in [1.54, 1.807) is 24.5 Å². The maximum atomic E-state index is 12.6. The largest absolute Gasteiger partial charge is 0.493 e. The van der Waals surface area contributed by atoms with Gasteiger partial charge in [0.15, 0.2) is 0 Å². The van der Waals surface area contributed by atoms with Crippen molar-refractivity contribution in [1.82, 2.24) is 4.98 Å². The first-order chi connectivity index (χ1) is 17.4. The van der Waals surface area contributed by atoms with Crippen LogP contribution in [0.25, 0.3) is 0 Å². The molecule has 0 bridgehead atoms. The molecule has 36 heavy (non-hydrogen) atoms. The van der Waals surface area contributed by atoms with Gasteiger partial charge in [0.25, 0.3) is 0 Å². The second-order valence-electron chi connectivity index (χ2n) is 10.6. The molecule has 6 heteroatoms. The van der Waals surface area contributed by atoms with Gasteiger partial charge in [0.05, 0.1) is 6.61 Å². The lowest BCUT2D eigenvalue weighted by Gasteiger charge is -2.47. The number of aromatic nitrogens is 1. The molecule has 2 aromatic carbocycles. The molecule has 0 saturated heterocycles. The number of anilines is 1. The van der Waals surface area contributed by atoms with Crippen LogP contribution >= 0.6 is 11.6 Å². The summed E-state index contributed by atoms with van der Waals surface area (Å²) < 4.78 is 6.03. The molecule has 2 aliphatic rings. The SMILES string of the molecule is C[C@@H](COc1ccncc1)CC1Cc2ccccc2C12CCC(Nc1cccc(Cl)c1)(C(=O)O)CC2. The van der Waals surface area contributed by atoms with E-state index in [9.17, 15) is 9.90 Å². The smallest absolute Gasteiger partial charge is 0.329 e. The molecule has 1 aromatic heterocycles.